The molecule has 2 amide bonds. The van der Waals surface area contributed by atoms with Gasteiger partial charge in [-0.05, 0) is 47.7 Å². The maximum Gasteiger partial charge on any atom is 0.328 e. The predicted octanol–water partition coefficient (Wildman–Crippen LogP) is 3.08. The molecule has 0 unspecified atom stereocenters. The van der Waals surface area contributed by atoms with E-state index in [1.807, 2.05) is 42.5 Å². The zero-order chi connectivity index (χ0) is 26.2. The van der Waals surface area contributed by atoms with E-state index in [-0.39, 0.29) is 12.8 Å². The first-order valence-corrected chi connectivity index (χ1v) is 12.2. The molecule has 2 atom stereocenters. The van der Waals surface area contributed by atoms with E-state index in [4.69, 9.17) is 0 Å². The fourth-order valence-electron chi connectivity index (χ4n) is 4.47. The van der Waals surface area contributed by atoms with Gasteiger partial charge in [0.1, 0.15) is 0 Å². The molecule has 1 aliphatic heterocycles. The van der Waals surface area contributed by atoms with Crippen LogP contribution in [-0.2, 0) is 27.2 Å². The molecule has 3 aromatic carbocycles. The maximum atomic E-state index is 13.3. The highest BCUT2D eigenvalue weighted by atomic mass is 16.4. The molecule has 37 heavy (non-hydrogen) atoms. The third-order valence-corrected chi connectivity index (χ3v) is 6.39. The summed E-state index contributed by atoms with van der Waals surface area (Å²) >= 11 is 0. The Balaban J connectivity index is 1.56. The molecule has 0 saturated carbocycles. The van der Waals surface area contributed by atoms with Crippen LogP contribution in [0.15, 0.2) is 78.9 Å². The second-order valence-corrected chi connectivity index (χ2v) is 8.97. The molecular weight excluding hydrogens is 468 g/mol. The van der Waals surface area contributed by atoms with E-state index in [9.17, 15) is 24.8 Å². The number of carbonyl (C=O) groups is 3. The molecule has 3 aromatic rings. The number of benzene rings is 3. The van der Waals surface area contributed by atoms with Crippen LogP contribution < -0.4 is 10.7 Å². The van der Waals surface area contributed by atoms with Crippen LogP contribution >= 0.6 is 0 Å². The number of nitriles is 1. The van der Waals surface area contributed by atoms with Crippen molar-refractivity contribution < 1.29 is 19.5 Å². The molecule has 1 heterocycles. The number of rotatable bonds is 8. The number of carboxylic acid groups (broad SMARTS) is 1. The zero-order valence-corrected chi connectivity index (χ0v) is 20.3. The number of amides is 2. The molecule has 188 valence electrons. The van der Waals surface area contributed by atoms with Crippen molar-refractivity contribution in [3.63, 3.8) is 0 Å². The summed E-state index contributed by atoms with van der Waals surface area (Å²) in [5.41, 5.74) is 6.17. The van der Waals surface area contributed by atoms with E-state index in [1.54, 1.807) is 36.4 Å². The second-order valence-electron chi connectivity index (χ2n) is 8.97. The van der Waals surface area contributed by atoms with Gasteiger partial charge in [-0.15, -0.1) is 0 Å². The summed E-state index contributed by atoms with van der Waals surface area (Å²) in [6.07, 6.45) is 1.39. The number of carboxylic acids is 1. The third-order valence-electron chi connectivity index (χ3n) is 6.39. The summed E-state index contributed by atoms with van der Waals surface area (Å²) in [6, 6.07) is 23.8. The standard InChI is InChI=1S/C29H28N4O4/c30-19-23-9-4-5-10-24(23)22-14-12-21(13-15-22)17-26(29(36)37)33(28(35)25-11-6-16-31-25)32-27(34)18-20-7-2-1-3-8-20/h1-5,7-10,12-15,25-26,31H,6,11,16-18H2,(H,32,34)(H,36,37)/t25-,26-/m0/s1. The van der Waals surface area contributed by atoms with Crippen molar-refractivity contribution in [2.45, 2.75) is 37.8 Å². The number of hydrazine groups is 1. The highest BCUT2D eigenvalue weighted by Gasteiger charge is 2.36. The monoisotopic (exact) mass is 496 g/mol. The number of carbonyl (C=O) groups excluding carboxylic acids is 2. The van der Waals surface area contributed by atoms with E-state index in [2.05, 4.69) is 16.8 Å². The lowest BCUT2D eigenvalue weighted by Gasteiger charge is -2.31. The molecule has 0 spiro atoms. The lowest BCUT2D eigenvalue weighted by Crippen LogP contribution is -2.59. The van der Waals surface area contributed by atoms with Crippen LogP contribution in [0.1, 0.15) is 29.5 Å². The molecule has 0 radical (unpaired) electrons. The van der Waals surface area contributed by atoms with Crippen molar-refractivity contribution in [2.24, 2.45) is 0 Å². The van der Waals surface area contributed by atoms with Crippen molar-refractivity contribution in [3.8, 4) is 17.2 Å². The van der Waals surface area contributed by atoms with Gasteiger partial charge in [0.15, 0.2) is 6.04 Å². The van der Waals surface area contributed by atoms with Crippen LogP contribution in [0.25, 0.3) is 11.1 Å². The Morgan fingerprint density at radius 1 is 1.00 bits per heavy atom. The Bertz CT molecular complexity index is 1300. The number of nitrogens with one attached hydrogen (secondary N) is 2. The van der Waals surface area contributed by atoms with Crippen molar-refractivity contribution in [1.82, 2.24) is 15.8 Å². The van der Waals surface area contributed by atoms with E-state index >= 15 is 0 Å². The molecule has 8 nitrogen and oxygen atoms in total. The lowest BCUT2D eigenvalue weighted by molar-refractivity contribution is -0.156. The van der Waals surface area contributed by atoms with Gasteiger partial charge in [-0.3, -0.25) is 15.0 Å². The molecule has 3 N–H and O–H groups in total. The minimum Gasteiger partial charge on any atom is -0.480 e. The summed E-state index contributed by atoms with van der Waals surface area (Å²) in [5, 5.41) is 23.6. The fourth-order valence-corrected chi connectivity index (χ4v) is 4.47. The Morgan fingerprint density at radius 2 is 1.70 bits per heavy atom. The average molecular weight is 497 g/mol. The minimum atomic E-state index is -1.30. The van der Waals surface area contributed by atoms with Gasteiger partial charge < -0.3 is 10.4 Å². The number of hydrogen-bond acceptors (Lipinski definition) is 5. The van der Waals surface area contributed by atoms with E-state index in [0.29, 0.717) is 24.1 Å². The summed E-state index contributed by atoms with van der Waals surface area (Å²) in [5.74, 6) is -2.15. The van der Waals surface area contributed by atoms with Crippen LogP contribution in [0, 0.1) is 11.3 Å². The van der Waals surface area contributed by atoms with Gasteiger partial charge in [-0.2, -0.15) is 5.26 Å². The molecule has 0 bridgehead atoms. The first-order valence-electron chi connectivity index (χ1n) is 12.2. The molecule has 0 aliphatic carbocycles. The minimum absolute atomic E-state index is 0.000410. The van der Waals surface area contributed by atoms with Crippen molar-refractivity contribution in [2.75, 3.05) is 6.54 Å². The Labute approximate surface area is 215 Å². The molecule has 1 fully saturated rings. The highest BCUT2D eigenvalue weighted by Crippen LogP contribution is 2.24. The largest absolute Gasteiger partial charge is 0.480 e. The average Bonchev–Trinajstić information content (AvgIpc) is 3.46. The van der Waals surface area contributed by atoms with Crippen molar-refractivity contribution in [3.05, 3.63) is 95.6 Å². The van der Waals surface area contributed by atoms with Crippen LogP contribution in [0.2, 0.25) is 0 Å². The molecule has 4 rings (SSSR count). The first-order chi connectivity index (χ1) is 18.0. The summed E-state index contributed by atoms with van der Waals surface area (Å²) in [6.45, 7) is 0.658. The second kappa shape index (κ2) is 12.0. The molecule has 1 saturated heterocycles. The molecule has 1 aliphatic rings. The third kappa shape index (κ3) is 6.40. The molecule has 0 aromatic heterocycles. The Morgan fingerprint density at radius 3 is 2.35 bits per heavy atom. The van der Waals surface area contributed by atoms with Crippen molar-refractivity contribution >= 4 is 17.8 Å². The lowest BCUT2D eigenvalue weighted by atomic mass is 9.97. The van der Waals surface area contributed by atoms with Gasteiger partial charge in [0.2, 0.25) is 5.91 Å². The first kappa shape index (κ1) is 25.6. The van der Waals surface area contributed by atoms with Gasteiger partial charge in [0.05, 0.1) is 24.1 Å². The van der Waals surface area contributed by atoms with Crippen LogP contribution in [0.3, 0.4) is 0 Å². The van der Waals surface area contributed by atoms with Gasteiger partial charge in [-0.1, -0.05) is 72.8 Å². The van der Waals surface area contributed by atoms with Gasteiger partial charge in [0.25, 0.3) is 5.91 Å². The van der Waals surface area contributed by atoms with Gasteiger partial charge in [0, 0.05) is 6.42 Å². The SMILES string of the molecule is N#Cc1ccccc1-c1ccc(C[C@@H](C(=O)O)N(NC(=O)Cc2ccccc2)C(=O)[C@@H]2CCCN2)cc1. The zero-order valence-electron chi connectivity index (χ0n) is 20.3. The summed E-state index contributed by atoms with van der Waals surface area (Å²) < 4.78 is 0. The normalized spacial score (nSPS) is 15.4. The summed E-state index contributed by atoms with van der Waals surface area (Å²) in [4.78, 5) is 38.5. The highest BCUT2D eigenvalue weighted by molar-refractivity contribution is 5.90. The Hall–Kier alpha value is -4.48. The number of hydrogen-bond donors (Lipinski definition) is 3. The van der Waals surface area contributed by atoms with Gasteiger partial charge >= 0.3 is 5.97 Å². The van der Waals surface area contributed by atoms with Crippen LogP contribution in [0.5, 0.6) is 0 Å². The maximum absolute atomic E-state index is 13.3. The molecular formula is C29H28N4O4. The number of nitrogens with zero attached hydrogens (tertiary/aromatic N) is 2. The van der Waals surface area contributed by atoms with Gasteiger partial charge in [-0.25, -0.2) is 9.80 Å². The number of aliphatic carboxylic acids is 1. The molecule has 8 heteroatoms. The summed E-state index contributed by atoms with van der Waals surface area (Å²) in [7, 11) is 0. The van der Waals surface area contributed by atoms with E-state index in [0.717, 1.165) is 28.1 Å². The smallest absolute Gasteiger partial charge is 0.328 e. The quantitative estimate of drug-likeness (QED) is 0.412. The van der Waals surface area contributed by atoms with E-state index < -0.39 is 29.9 Å². The van der Waals surface area contributed by atoms with Crippen LogP contribution in [-0.4, -0.2) is 46.5 Å². The topological polar surface area (TPSA) is 123 Å². The van der Waals surface area contributed by atoms with Crippen LogP contribution in [0.4, 0.5) is 0 Å². The van der Waals surface area contributed by atoms with E-state index in [1.165, 1.54) is 0 Å². The fraction of sp³-hybridized carbons (Fsp3) is 0.241. The van der Waals surface area contributed by atoms with Crippen molar-refractivity contribution in [1.29, 1.82) is 5.26 Å². The predicted molar refractivity (Wildman–Crippen MR) is 138 cm³/mol. The Kier molecular flexibility index (Phi) is 8.29.